The van der Waals surface area contributed by atoms with Crippen LogP contribution in [0.5, 0.6) is 5.75 Å². The van der Waals surface area contributed by atoms with Crippen LogP contribution in [-0.4, -0.2) is 52.4 Å². The monoisotopic (exact) mass is 420 g/mol. The number of quaternary nitrogens is 1. The van der Waals surface area contributed by atoms with Crippen LogP contribution in [0.25, 0.3) is 0 Å². The number of ether oxygens (including phenoxy) is 1. The van der Waals surface area contributed by atoms with Crippen LogP contribution in [0.1, 0.15) is 19.4 Å². The molecular formula is C21H30N3O4S+. The Balaban J connectivity index is 2.03. The lowest BCUT2D eigenvalue weighted by molar-refractivity contribution is -0.907. The normalized spacial score (nSPS) is 13.7. The molecule has 0 aromatic heterocycles. The van der Waals surface area contributed by atoms with Gasteiger partial charge in [0, 0.05) is 25.3 Å². The lowest BCUT2D eigenvalue weighted by Gasteiger charge is -2.21. The van der Waals surface area contributed by atoms with Crippen molar-refractivity contribution < 1.29 is 22.8 Å². The molecule has 2 rings (SSSR count). The number of hydrogen-bond acceptors (Lipinski definition) is 4. The number of hydrogen-bond donors (Lipinski definition) is 2. The fourth-order valence-corrected chi connectivity index (χ4v) is 3.71. The molecule has 8 heteroatoms. The molecule has 0 aliphatic carbocycles. The second kappa shape index (κ2) is 9.87. The van der Waals surface area contributed by atoms with Crippen molar-refractivity contribution in [3.63, 3.8) is 0 Å². The second-order valence-electron chi connectivity index (χ2n) is 7.13. The van der Waals surface area contributed by atoms with Gasteiger partial charge in [0.1, 0.15) is 12.3 Å². The van der Waals surface area contributed by atoms with Gasteiger partial charge in [0.25, 0.3) is 5.91 Å². The molecule has 2 N–H and O–H groups in total. The third-order valence-electron chi connectivity index (χ3n) is 4.73. The van der Waals surface area contributed by atoms with E-state index in [9.17, 15) is 13.2 Å². The van der Waals surface area contributed by atoms with E-state index in [1.165, 1.54) is 26.2 Å². The van der Waals surface area contributed by atoms with E-state index in [1.54, 1.807) is 12.1 Å². The average Bonchev–Trinajstić information content (AvgIpc) is 2.69. The first-order chi connectivity index (χ1) is 13.6. The Morgan fingerprint density at radius 3 is 2.41 bits per heavy atom. The molecule has 0 radical (unpaired) electrons. The van der Waals surface area contributed by atoms with Crippen molar-refractivity contribution in [2.24, 2.45) is 0 Å². The van der Waals surface area contributed by atoms with Crippen LogP contribution in [-0.2, 0) is 21.4 Å². The molecular weight excluding hydrogens is 390 g/mol. The highest BCUT2D eigenvalue weighted by atomic mass is 32.2. The Morgan fingerprint density at radius 2 is 1.83 bits per heavy atom. The Bertz CT molecular complexity index is 927. The zero-order valence-electron chi connectivity index (χ0n) is 17.6. The maximum Gasteiger partial charge on any atom is 0.282 e. The summed E-state index contributed by atoms with van der Waals surface area (Å²) >= 11 is 0. The van der Waals surface area contributed by atoms with Crippen LogP contribution in [0, 0.1) is 0 Å². The van der Waals surface area contributed by atoms with E-state index in [4.69, 9.17) is 4.74 Å². The SMILES string of the molecule is CCOc1ccc(C[NH+](C)[C@@H](C)C(=O)Nc2cccc(S(=O)(=O)N(C)C)c2)cc1. The number of benzene rings is 2. The highest BCUT2D eigenvalue weighted by molar-refractivity contribution is 7.89. The number of carbonyl (C=O) groups excluding carboxylic acids is 1. The molecule has 0 aliphatic rings. The van der Waals surface area contributed by atoms with Crippen molar-refractivity contribution in [3.05, 3.63) is 54.1 Å². The molecule has 0 saturated heterocycles. The van der Waals surface area contributed by atoms with E-state index in [0.29, 0.717) is 18.8 Å². The Kier molecular flexibility index (Phi) is 7.78. The fourth-order valence-electron chi connectivity index (χ4n) is 2.76. The molecule has 0 saturated carbocycles. The number of amides is 1. The quantitative estimate of drug-likeness (QED) is 0.642. The van der Waals surface area contributed by atoms with Gasteiger partial charge in [0.2, 0.25) is 10.0 Å². The minimum absolute atomic E-state index is 0.142. The highest BCUT2D eigenvalue weighted by Crippen LogP contribution is 2.18. The minimum Gasteiger partial charge on any atom is -0.494 e. The molecule has 0 bridgehead atoms. The van der Waals surface area contributed by atoms with Crippen LogP contribution in [0.3, 0.4) is 0 Å². The number of anilines is 1. The van der Waals surface area contributed by atoms with Crippen molar-refractivity contribution in [2.45, 2.75) is 31.3 Å². The van der Waals surface area contributed by atoms with Gasteiger partial charge >= 0.3 is 0 Å². The summed E-state index contributed by atoms with van der Waals surface area (Å²) in [5.41, 5.74) is 1.56. The summed E-state index contributed by atoms with van der Waals surface area (Å²) in [5.74, 6) is 0.653. The summed E-state index contributed by atoms with van der Waals surface area (Å²) < 4.78 is 31.2. The highest BCUT2D eigenvalue weighted by Gasteiger charge is 2.23. The summed E-state index contributed by atoms with van der Waals surface area (Å²) in [7, 11) is 1.35. The Hall–Kier alpha value is -2.42. The van der Waals surface area contributed by atoms with Gasteiger partial charge in [-0.15, -0.1) is 0 Å². The number of carbonyl (C=O) groups is 1. The van der Waals surface area contributed by atoms with Gasteiger partial charge in [-0.3, -0.25) is 4.79 Å². The van der Waals surface area contributed by atoms with E-state index in [1.807, 2.05) is 45.2 Å². The first-order valence-electron chi connectivity index (χ1n) is 9.52. The molecule has 0 heterocycles. The van der Waals surface area contributed by atoms with Gasteiger partial charge in [0.05, 0.1) is 18.6 Å². The molecule has 0 spiro atoms. The smallest absolute Gasteiger partial charge is 0.282 e. The second-order valence-corrected chi connectivity index (χ2v) is 9.28. The number of nitrogens with one attached hydrogen (secondary N) is 2. The van der Waals surface area contributed by atoms with Crippen molar-refractivity contribution in [3.8, 4) is 5.75 Å². The summed E-state index contributed by atoms with van der Waals surface area (Å²) in [6, 6.07) is 13.8. The first kappa shape index (κ1) is 22.9. The standard InChI is InChI=1S/C21H29N3O4S/c1-6-28-19-12-10-17(11-13-19)15-24(5)16(2)21(25)22-18-8-7-9-20(14-18)29(26,27)23(3)4/h7-14,16H,6,15H2,1-5H3,(H,22,25)/p+1/t16-/m0/s1. The van der Waals surface area contributed by atoms with Crippen molar-refractivity contribution in [1.29, 1.82) is 0 Å². The van der Waals surface area contributed by atoms with E-state index >= 15 is 0 Å². The molecule has 1 unspecified atom stereocenters. The predicted octanol–water partition coefficient (Wildman–Crippen LogP) is 1.38. The molecule has 158 valence electrons. The van der Waals surface area contributed by atoms with Gasteiger partial charge in [-0.2, -0.15) is 0 Å². The van der Waals surface area contributed by atoms with E-state index in [2.05, 4.69) is 5.32 Å². The van der Waals surface area contributed by atoms with E-state index in [-0.39, 0.29) is 16.8 Å². The zero-order valence-corrected chi connectivity index (χ0v) is 18.4. The van der Waals surface area contributed by atoms with Crippen molar-refractivity contribution >= 4 is 21.6 Å². The molecule has 2 aromatic carbocycles. The lowest BCUT2D eigenvalue weighted by Crippen LogP contribution is -3.12. The summed E-state index contributed by atoms with van der Waals surface area (Å²) in [6.07, 6.45) is 0. The minimum atomic E-state index is -3.55. The lowest BCUT2D eigenvalue weighted by atomic mass is 10.1. The number of likely N-dealkylation sites (N-methyl/N-ethyl adjacent to an activating group) is 1. The molecule has 7 nitrogen and oxygen atoms in total. The van der Waals surface area contributed by atoms with Crippen LogP contribution in [0.2, 0.25) is 0 Å². The number of nitrogens with zero attached hydrogens (tertiary/aromatic N) is 1. The van der Waals surface area contributed by atoms with Gasteiger partial charge in [-0.1, -0.05) is 6.07 Å². The molecule has 1 amide bonds. The van der Waals surface area contributed by atoms with E-state index < -0.39 is 10.0 Å². The third-order valence-corrected chi connectivity index (χ3v) is 6.54. The van der Waals surface area contributed by atoms with E-state index in [0.717, 1.165) is 20.5 Å². The summed E-state index contributed by atoms with van der Waals surface area (Å²) in [4.78, 5) is 13.8. The zero-order chi connectivity index (χ0) is 21.6. The van der Waals surface area contributed by atoms with Gasteiger partial charge in [-0.25, -0.2) is 12.7 Å². The van der Waals surface area contributed by atoms with Crippen LogP contribution < -0.4 is 15.0 Å². The average molecular weight is 421 g/mol. The number of sulfonamides is 1. The van der Waals surface area contributed by atoms with Crippen molar-refractivity contribution in [1.82, 2.24) is 4.31 Å². The maximum absolute atomic E-state index is 12.7. The van der Waals surface area contributed by atoms with Gasteiger partial charge in [-0.05, 0) is 56.3 Å². The maximum atomic E-state index is 12.7. The topological polar surface area (TPSA) is 80.1 Å². The summed E-state index contributed by atoms with van der Waals surface area (Å²) in [5, 5.41) is 2.82. The summed E-state index contributed by atoms with van der Waals surface area (Å²) in [6.45, 7) is 5.09. The van der Waals surface area contributed by atoms with Crippen LogP contribution in [0.15, 0.2) is 53.4 Å². The molecule has 29 heavy (non-hydrogen) atoms. The molecule has 0 aliphatic heterocycles. The fraction of sp³-hybridized carbons (Fsp3) is 0.381. The van der Waals surface area contributed by atoms with Crippen LogP contribution >= 0.6 is 0 Å². The van der Waals surface area contributed by atoms with Crippen LogP contribution in [0.4, 0.5) is 5.69 Å². The Labute approximate surface area is 173 Å². The Morgan fingerprint density at radius 1 is 1.17 bits per heavy atom. The number of rotatable bonds is 9. The first-order valence-corrected chi connectivity index (χ1v) is 11.0. The van der Waals surface area contributed by atoms with Crippen molar-refractivity contribution in [2.75, 3.05) is 33.1 Å². The third kappa shape index (κ3) is 6.03. The molecule has 2 aromatic rings. The van der Waals surface area contributed by atoms with Gasteiger partial charge in [0.15, 0.2) is 6.04 Å². The molecule has 0 fully saturated rings. The molecule has 2 atom stereocenters. The predicted molar refractivity (Wildman–Crippen MR) is 114 cm³/mol. The largest absolute Gasteiger partial charge is 0.494 e. The van der Waals surface area contributed by atoms with Gasteiger partial charge < -0.3 is 15.0 Å².